The van der Waals surface area contributed by atoms with E-state index in [9.17, 15) is 10.1 Å². The van der Waals surface area contributed by atoms with Crippen LogP contribution in [0.2, 0.25) is 0 Å². The zero-order chi connectivity index (χ0) is 18.1. The third-order valence-corrected chi connectivity index (χ3v) is 4.08. The van der Waals surface area contributed by atoms with Gasteiger partial charge in [0.15, 0.2) is 0 Å². The molecule has 0 fully saturated rings. The summed E-state index contributed by atoms with van der Waals surface area (Å²) in [7, 11) is 0. The molecule has 2 heterocycles. The van der Waals surface area contributed by atoms with Crippen LogP contribution in [0.15, 0.2) is 28.8 Å². The molecular weight excluding hydrogens is 324 g/mol. The highest BCUT2D eigenvalue weighted by Crippen LogP contribution is 2.26. The van der Waals surface area contributed by atoms with Gasteiger partial charge in [0.05, 0.1) is 29.3 Å². The smallest absolute Gasteiger partial charge is 0.390 e. The summed E-state index contributed by atoms with van der Waals surface area (Å²) in [5.41, 5.74) is 8.98. The normalized spacial score (nSPS) is 12.3. The second-order valence-corrected chi connectivity index (χ2v) is 5.96. The summed E-state index contributed by atoms with van der Waals surface area (Å²) in [5.74, 6) is 0.580. The molecule has 0 aliphatic carbocycles. The Morgan fingerprint density at radius 3 is 2.84 bits per heavy atom. The molecule has 0 bridgehead atoms. The molecule has 1 unspecified atom stereocenters. The average Bonchev–Trinajstić information content (AvgIpc) is 3.18. The third-order valence-electron chi connectivity index (χ3n) is 4.08. The first-order chi connectivity index (χ1) is 11.9. The summed E-state index contributed by atoms with van der Waals surface area (Å²) < 4.78 is 6.93. The summed E-state index contributed by atoms with van der Waals surface area (Å²) >= 11 is 0. The predicted molar refractivity (Wildman–Crippen MR) is 90.9 cm³/mol. The van der Waals surface area contributed by atoms with Crippen molar-refractivity contribution in [2.24, 2.45) is 0 Å². The molecule has 25 heavy (non-hydrogen) atoms. The van der Waals surface area contributed by atoms with Crippen LogP contribution in [0.4, 0.5) is 11.5 Å². The largest absolute Gasteiger partial charge is 0.398 e. The van der Waals surface area contributed by atoms with Crippen LogP contribution in [0.3, 0.4) is 0 Å². The Labute approximate surface area is 143 Å². The maximum absolute atomic E-state index is 10.8. The number of hydrogen-bond donors (Lipinski definition) is 1. The second-order valence-electron chi connectivity index (χ2n) is 5.96. The lowest BCUT2D eigenvalue weighted by Crippen LogP contribution is -2.10. The van der Waals surface area contributed by atoms with Crippen molar-refractivity contribution >= 4 is 11.5 Å². The molecule has 9 heteroatoms. The molecule has 0 spiro atoms. The molecule has 130 valence electrons. The van der Waals surface area contributed by atoms with Crippen LogP contribution >= 0.6 is 0 Å². The van der Waals surface area contributed by atoms with Crippen LogP contribution < -0.4 is 5.73 Å². The third kappa shape index (κ3) is 3.21. The number of aryl methyl sites for hydroxylation is 1. The fourth-order valence-corrected chi connectivity index (χ4v) is 2.54. The van der Waals surface area contributed by atoms with Gasteiger partial charge in [0.2, 0.25) is 11.7 Å². The van der Waals surface area contributed by atoms with Crippen LogP contribution in [0, 0.1) is 24.0 Å². The van der Waals surface area contributed by atoms with Crippen LogP contribution in [-0.4, -0.2) is 24.8 Å². The molecule has 1 aromatic carbocycles. The van der Waals surface area contributed by atoms with E-state index >= 15 is 0 Å². The van der Waals surface area contributed by atoms with Crippen molar-refractivity contribution in [3.8, 4) is 11.4 Å². The molecule has 0 saturated carbocycles. The lowest BCUT2D eigenvalue weighted by Gasteiger charge is -2.05. The molecule has 3 aromatic rings. The van der Waals surface area contributed by atoms with Crippen LogP contribution in [0.25, 0.3) is 11.4 Å². The fourth-order valence-electron chi connectivity index (χ4n) is 2.54. The van der Waals surface area contributed by atoms with E-state index in [1.54, 1.807) is 11.6 Å². The predicted octanol–water partition coefficient (Wildman–Crippen LogP) is 2.84. The Balaban J connectivity index is 1.82. The zero-order valence-electron chi connectivity index (χ0n) is 14.1. The van der Waals surface area contributed by atoms with Gasteiger partial charge in [-0.1, -0.05) is 24.2 Å². The fraction of sp³-hybridized carbons (Fsp3) is 0.312. The molecule has 3 rings (SSSR count). The van der Waals surface area contributed by atoms with E-state index in [1.165, 1.54) is 6.07 Å². The average molecular weight is 342 g/mol. The van der Waals surface area contributed by atoms with Crippen molar-refractivity contribution in [2.45, 2.75) is 33.2 Å². The molecule has 0 amide bonds. The van der Waals surface area contributed by atoms with E-state index in [0.717, 1.165) is 11.1 Å². The SMILES string of the molecule is Cc1c(N)cccc1-c1noc(C(C)Cn2nc([N+](=O)[O-])cc2C)n1. The van der Waals surface area contributed by atoms with E-state index in [1.807, 2.05) is 32.0 Å². The minimum absolute atomic E-state index is 0.152. The van der Waals surface area contributed by atoms with Gasteiger partial charge in [-0.3, -0.25) is 0 Å². The van der Waals surface area contributed by atoms with Crippen LogP contribution in [0.5, 0.6) is 0 Å². The number of nitrogens with two attached hydrogens (primary N) is 1. The van der Waals surface area contributed by atoms with Crippen LogP contribution in [-0.2, 0) is 6.54 Å². The molecular formula is C16H18N6O3. The number of hydrogen-bond acceptors (Lipinski definition) is 7. The second kappa shape index (κ2) is 6.34. The molecule has 9 nitrogen and oxygen atoms in total. The van der Waals surface area contributed by atoms with Gasteiger partial charge in [0.25, 0.3) is 0 Å². The van der Waals surface area contributed by atoms with Gasteiger partial charge in [0.1, 0.15) is 0 Å². The highest BCUT2D eigenvalue weighted by molar-refractivity contribution is 5.67. The van der Waals surface area contributed by atoms with Crippen molar-refractivity contribution in [2.75, 3.05) is 5.73 Å². The number of nitrogen functional groups attached to an aromatic ring is 1. The number of nitrogens with zero attached hydrogens (tertiary/aromatic N) is 5. The zero-order valence-corrected chi connectivity index (χ0v) is 14.1. The topological polar surface area (TPSA) is 126 Å². The number of aromatic nitrogens is 4. The van der Waals surface area contributed by atoms with Crippen LogP contribution in [0.1, 0.15) is 30.0 Å². The Kier molecular flexibility index (Phi) is 4.22. The highest BCUT2D eigenvalue weighted by Gasteiger charge is 2.22. The van der Waals surface area contributed by atoms with E-state index < -0.39 is 4.92 Å². The maximum atomic E-state index is 10.8. The molecule has 0 radical (unpaired) electrons. The van der Waals surface area contributed by atoms with E-state index in [4.69, 9.17) is 10.3 Å². The van der Waals surface area contributed by atoms with E-state index in [2.05, 4.69) is 15.2 Å². The number of benzene rings is 1. The summed E-state index contributed by atoms with van der Waals surface area (Å²) in [6.07, 6.45) is 0. The van der Waals surface area contributed by atoms with Crippen molar-refractivity contribution in [1.82, 2.24) is 19.9 Å². The monoisotopic (exact) mass is 342 g/mol. The summed E-state index contributed by atoms with van der Waals surface area (Å²) in [6.45, 7) is 5.96. The van der Waals surface area contributed by atoms with Gasteiger partial charge in [-0.15, -0.1) is 0 Å². The lowest BCUT2D eigenvalue weighted by molar-refractivity contribution is -0.389. The van der Waals surface area contributed by atoms with Gasteiger partial charge in [0, 0.05) is 11.3 Å². The Bertz CT molecular complexity index is 930. The molecule has 0 aliphatic rings. The molecule has 1 atom stereocenters. The minimum Gasteiger partial charge on any atom is -0.398 e. The minimum atomic E-state index is -0.512. The lowest BCUT2D eigenvalue weighted by atomic mass is 10.1. The van der Waals surface area contributed by atoms with E-state index in [0.29, 0.717) is 29.6 Å². The number of rotatable bonds is 5. The molecule has 0 saturated heterocycles. The summed E-state index contributed by atoms with van der Waals surface area (Å²) in [5, 5.41) is 18.8. The van der Waals surface area contributed by atoms with Gasteiger partial charge >= 0.3 is 5.82 Å². The quantitative estimate of drug-likeness (QED) is 0.429. The van der Waals surface area contributed by atoms with Crippen molar-refractivity contribution in [1.29, 1.82) is 0 Å². The molecule has 2 N–H and O–H groups in total. The summed E-state index contributed by atoms with van der Waals surface area (Å²) in [4.78, 5) is 14.7. The Morgan fingerprint density at radius 1 is 1.40 bits per heavy atom. The standard InChI is InChI=1S/C16H18N6O3/c1-9(8-21-10(2)7-14(19-21)22(23)24)16-18-15(20-25-16)12-5-4-6-13(17)11(12)3/h4-7,9H,8,17H2,1-3H3. The van der Waals surface area contributed by atoms with Gasteiger partial charge in [-0.05, 0) is 30.4 Å². The molecule has 2 aromatic heterocycles. The first-order valence-electron chi connectivity index (χ1n) is 7.74. The summed E-state index contributed by atoms with van der Waals surface area (Å²) in [6, 6.07) is 6.97. The van der Waals surface area contributed by atoms with Gasteiger partial charge in [-0.25, -0.2) is 0 Å². The Morgan fingerprint density at radius 2 is 2.16 bits per heavy atom. The number of anilines is 1. The number of nitro groups is 1. The van der Waals surface area contributed by atoms with Crippen molar-refractivity contribution in [3.05, 3.63) is 51.5 Å². The Hall–Kier alpha value is -3.23. The molecule has 0 aliphatic heterocycles. The first-order valence-corrected chi connectivity index (χ1v) is 7.74. The van der Waals surface area contributed by atoms with Gasteiger partial charge in [-0.2, -0.15) is 9.67 Å². The highest BCUT2D eigenvalue weighted by atomic mass is 16.6. The van der Waals surface area contributed by atoms with Crippen molar-refractivity contribution in [3.63, 3.8) is 0 Å². The van der Waals surface area contributed by atoms with E-state index in [-0.39, 0.29) is 11.7 Å². The van der Waals surface area contributed by atoms with Crippen molar-refractivity contribution < 1.29 is 9.45 Å². The first kappa shape index (κ1) is 16.6. The van der Waals surface area contributed by atoms with Gasteiger partial charge < -0.3 is 20.4 Å². The maximum Gasteiger partial charge on any atom is 0.390 e.